The van der Waals surface area contributed by atoms with Crippen molar-refractivity contribution in [3.8, 4) is 22.5 Å². The Kier molecular flexibility index (Phi) is 14.6. The number of allylic oxidation sites excluding steroid dienone is 2. The summed E-state index contributed by atoms with van der Waals surface area (Å²) in [6, 6.07) is 22.6. The third-order valence-corrected chi connectivity index (χ3v) is 10.4. The van der Waals surface area contributed by atoms with Crippen LogP contribution in [0.2, 0.25) is 0 Å². The molecule has 0 bridgehead atoms. The van der Waals surface area contributed by atoms with Gasteiger partial charge in [-0.05, 0) is 91.4 Å². The monoisotopic (exact) mass is 853 g/mol. The van der Waals surface area contributed by atoms with Gasteiger partial charge in [0.15, 0.2) is 5.78 Å². The Balaban J connectivity index is 0.000000374. The second-order valence-corrected chi connectivity index (χ2v) is 15.5. The van der Waals surface area contributed by atoms with E-state index in [-0.39, 0.29) is 48.9 Å². The van der Waals surface area contributed by atoms with Crippen molar-refractivity contribution in [2.75, 3.05) is 0 Å². The van der Waals surface area contributed by atoms with E-state index in [9.17, 15) is 9.90 Å². The summed E-state index contributed by atoms with van der Waals surface area (Å²) in [4.78, 5) is 21.2. The maximum atomic E-state index is 11.7. The Morgan fingerprint density at radius 1 is 0.940 bits per heavy atom. The van der Waals surface area contributed by atoms with E-state index >= 15 is 0 Å². The molecule has 4 aromatic rings. The van der Waals surface area contributed by atoms with Gasteiger partial charge in [0.25, 0.3) is 0 Å². The van der Waals surface area contributed by atoms with Crippen molar-refractivity contribution in [1.29, 1.82) is 0 Å². The number of carbonyl (C=O) groups is 1. The van der Waals surface area contributed by atoms with Gasteiger partial charge < -0.3 is 5.11 Å². The second kappa shape index (κ2) is 18.4. The molecule has 4 nitrogen and oxygen atoms in total. The van der Waals surface area contributed by atoms with Crippen molar-refractivity contribution in [3.63, 3.8) is 0 Å². The number of hydrogen-bond acceptors (Lipinski definition) is 4. The average molecular weight is 853 g/mol. The zero-order valence-corrected chi connectivity index (χ0v) is 34.2. The van der Waals surface area contributed by atoms with Crippen LogP contribution in [0.1, 0.15) is 132 Å². The molecule has 0 saturated heterocycles. The molecule has 1 N–H and O–H groups in total. The summed E-state index contributed by atoms with van der Waals surface area (Å²) >= 11 is 0. The van der Waals surface area contributed by atoms with E-state index in [1.807, 2.05) is 46.2 Å². The maximum Gasteiger partial charge on any atom is 0.162 e. The van der Waals surface area contributed by atoms with Gasteiger partial charge in [0.2, 0.25) is 0 Å². The summed E-state index contributed by atoms with van der Waals surface area (Å²) in [7, 11) is 0. The molecule has 2 aromatic heterocycles. The number of rotatable bonds is 10. The van der Waals surface area contributed by atoms with Crippen LogP contribution in [0.3, 0.4) is 0 Å². The first-order valence-electron chi connectivity index (χ1n) is 19.0. The molecule has 5 rings (SSSR count). The van der Waals surface area contributed by atoms with E-state index < -0.39 is 5.89 Å². The number of aliphatic hydroxyl groups excluding tert-OH is 1. The predicted molar refractivity (Wildman–Crippen MR) is 207 cm³/mol. The van der Waals surface area contributed by atoms with Gasteiger partial charge >= 0.3 is 0 Å². The zero-order chi connectivity index (χ0) is 36.7. The minimum absolute atomic E-state index is 0. The number of ketones is 1. The van der Waals surface area contributed by atoms with Crippen molar-refractivity contribution < 1.29 is 31.4 Å². The van der Waals surface area contributed by atoms with Crippen LogP contribution in [-0.4, -0.2) is 20.9 Å². The normalized spacial score (nSPS) is 16.0. The molecule has 1 saturated carbocycles. The number of aliphatic hydroxyl groups is 1. The molecule has 2 heterocycles. The smallest absolute Gasteiger partial charge is 0.162 e. The van der Waals surface area contributed by atoms with E-state index in [0.717, 1.165) is 84.8 Å². The molecular weight excluding hydrogens is 793 g/mol. The van der Waals surface area contributed by atoms with Crippen LogP contribution in [0.25, 0.3) is 33.3 Å². The first-order chi connectivity index (χ1) is 23.6. The number of benzene rings is 2. The summed E-state index contributed by atoms with van der Waals surface area (Å²) in [5.74, 6) is 0.0274. The van der Waals surface area contributed by atoms with Gasteiger partial charge in [0.05, 0.1) is 11.5 Å². The Bertz CT molecular complexity index is 1760. The molecule has 0 unspecified atom stereocenters. The van der Waals surface area contributed by atoms with E-state index in [2.05, 4.69) is 89.2 Å². The molecule has 1 aliphatic carbocycles. The standard InChI is InChI=1S/C32H35N2.C13H24O2.Ir/c1-31(2,3)28-19-26(18-23-8-6-7-9-27(23)28)30-20-24(14-17-33-30)29-11-10-25(21-34-29)22-12-15-32(4,5)16-13-22;1-5-10(6-2)12(14)9-13(15)11(7-3)8-4;/h6-11,14,17,19-22H,12-13,15-16H2,1-5H3;9-11,14H,5-8H2,1-4H3;/q-1;;/b;12-9-;/i22D;;. The number of carbonyl (C=O) groups excluding carboxylic acids is 1. The van der Waals surface area contributed by atoms with Gasteiger partial charge in [-0.2, -0.15) is 0 Å². The minimum atomic E-state index is -0.520. The van der Waals surface area contributed by atoms with Crippen molar-refractivity contribution in [1.82, 2.24) is 9.97 Å². The summed E-state index contributed by atoms with van der Waals surface area (Å²) in [6.45, 7) is 19.4. The quantitative estimate of drug-likeness (QED) is 0.0981. The fourth-order valence-electron chi connectivity index (χ4n) is 6.80. The summed E-state index contributed by atoms with van der Waals surface area (Å²) in [5.41, 5.74) is 6.53. The van der Waals surface area contributed by atoms with Gasteiger partial charge in [-0.15, -0.1) is 29.1 Å². The fourth-order valence-corrected chi connectivity index (χ4v) is 6.80. The average Bonchev–Trinajstić information content (AvgIpc) is 3.10. The van der Waals surface area contributed by atoms with Crippen LogP contribution in [0.15, 0.2) is 78.8 Å². The van der Waals surface area contributed by atoms with E-state index in [0.29, 0.717) is 5.41 Å². The van der Waals surface area contributed by atoms with Crippen LogP contribution in [0.4, 0.5) is 0 Å². The predicted octanol–water partition coefficient (Wildman–Crippen LogP) is 12.6. The molecule has 5 heteroatoms. The van der Waals surface area contributed by atoms with Gasteiger partial charge in [-0.3, -0.25) is 14.8 Å². The maximum absolute atomic E-state index is 11.7. The van der Waals surface area contributed by atoms with Crippen LogP contribution >= 0.6 is 0 Å². The first kappa shape index (κ1) is 39.6. The van der Waals surface area contributed by atoms with Crippen molar-refractivity contribution >= 4 is 16.6 Å². The Morgan fingerprint density at radius 2 is 1.58 bits per heavy atom. The zero-order valence-electron chi connectivity index (χ0n) is 32.8. The topological polar surface area (TPSA) is 63.1 Å². The van der Waals surface area contributed by atoms with Gasteiger partial charge in [-0.1, -0.05) is 104 Å². The van der Waals surface area contributed by atoms with Crippen LogP contribution in [-0.2, 0) is 30.3 Å². The largest absolute Gasteiger partial charge is 0.512 e. The molecule has 0 amide bonds. The second-order valence-electron chi connectivity index (χ2n) is 15.5. The SMILES string of the molecule is CCC(CC)C(=O)/C=C(\O)C(CC)CC.[2H]C1(c2ccc(-c3ccnc(-c4[c-]c5ccccc5c(C(C)(C)C)c4)c3)nc2)CCC(C)(C)CC1.[Ir]. The van der Waals surface area contributed by atoms with Crippen LogP contribution in [0, 0.1) is 23.3 Å². The Hall–Kier alpha value is -3.14. The number of pyridine rings is 2. The number of nitrogens with zero attached hydrogens (tertiary/aromatic N) is 2. The molecule has 2 aromatic carbocycles. The first-order valence-corrected chi connectivity index (χ1v) is 18.5. The minimum Gasteiger partial charge on any atom is -0.512 e. The molecule has 50 heavy (non-hydrogen) atoms. The Morgan fingerprint density at radius 3 is 2.16 bits per heavy atom. The molecule has 1 fully saturated rings. The third kappa shape index (κ3) is 10.7. The molecule has 0 aliphatic heterocycles. The van der Waals surface area contributed by atoms with Gasteiger partial charge in [0, 0.05) is 57.5 Å². The third-order valence-electron chi connectivity index (χ3n) is 10.4. The number of hydrogen-bond donors (Lipinski definition) is 1. The van der Waals surface area contributed by atoms with Crippen LogP contribution in [0.5, 0.6) is 0 Å². The van der Waals surface area contributed by atoms with E-state index in [1.165, 1.54) is 17.0 Å². The molecule has 271 valence electrons. The van der Waals surface area contributed by atoms with E-state index in [1.54, 1.807) is 0 Å². The summed E-state index contributed by atoms with van der Waals surface area (Å²) in [6.07, 6.45) is 12.7. The molecule has 1 aliphatic rings. The summed E-state index contributed by atoms with van der Waals surface area (Å²) < 4.78 is 9.04. The molecule has 0 atom stereocenters. The number of fused-ring (bicyclic) bond motifs is 1. The van der Waals surface area contributed by atoms with Crippen molar-refractivity contribution in [3.05, 3.63) is 96.0 Å². The fraction of sp³-hybridized carbons (Fsp3) is 0.489. The summed E-state index contributed by atoms with van der Waals surface area (Å²) in [5, 5.41) is 12.1. The van der Waals surface area contributed by atoms with Crippen LogP contribution < -0.4 is 0 Å². The van der Waals surface area contributed by atoms with E-state index in [4.69, 9.17) is 11.3 Å². The van der Waals surface area contributed by atoms with Gasteiger partial charge in [0.1, 0.15) is 0 Å². The van der Waals surface area contributed by atoms with Crippen molar-refractivity contribution in [2.45, 2.75) is 125 Å². The Labute approximate surface area is 317 Å². The van der Waals surface area contributed by atoms with Gasteiger partial charge in [-0.25, -0.2) is 0 Å². The molecular formula is C45H59IrN2O2-. The van der Waals surface area contributed by atoms with Crippen molar-refractivity contribution in [2.24, 2.45) is 17.3 Å². The molecule has 1 radical (unpaired) electrons. The molecule has 0 spiro atoms. The number of aromatic nitrogens is 2.